The van der Waals surface area contributed by atoms with Crippen molar-refractivity contribution < 1.29 is 14.3 Å². The Morgan fingerprint density at radius 2 is 2.25 bits per heavy atom. The van der Waals surface area contributed by atoms with Crippen LogP contribution in [-0.2, 0) is 12.8 Å². The highest BCUT2D eigenvalue weighted by Crippen LogP contribution is 2.30. The molecule has 2 rings (SSSR count). The number of hydrogen-bond acceptors (Lipinski definition) is 3. The maximum atomic E-state index is 13.7. The Kier molecular flexibility index (Phi) is 4.35. The Labute approximate surface area is 124 Å². The van der Waals surface area contributed by atoms with Gasteiger partial charge in [0.2, 0.25) is 0 Å². The predicted molar refractivity (Wildman–Crippen MR) is 75.9 cm³/mol. The van der Waals surface area contributed by atoms with E-state index in [1.165, 1.54) is 23.9 Å². The van der Waals surface area contributed by atoms with Gasteiger partial charge in [0.25, 0.3) is 0 Å². The van der Waals surface area contributed by atoms with Crippen molar-refractivity contribution in [3.05, 3.63) is 46.0 Å². The fourth-order valence-corrected chi connectivity index (χ4v) is 3.08. The summed E-state index contributed by atoms with van der Waals surface area (Å²) >= 11 is 7.31. The molecule has 0 aliphatic carbocycles. The molecule has 0 spiro atoms. The van der Waals surface area contributed by atoms with E-state index in [9.17, 15) is 9.18 Å². The first-order valence-electron chi connectivity index (χ1n) is 5.73. The molecule has 0 radical (unpaired) electrons. The largest absolute Gasteiger partial charge is 0.478 e. The van der Waals surface area contributed by atoms with Crippen molar-refractivity contribution >= 4 is 29.3 Å². The van der Waals surface area contributed by atoms with Crippen LogP contribution in [0.25, 0.3) is 0 Å². The van der Waals surface area contributed by atoms with Crippen LogP contribution < -0.4 is 0 Å². The maximum Gasteiger partial charge on any atom is 0.335 e. The van der Waals surface area contributed by atoms with Gasteiger partial charge < -0.3 is 5.11 Å². The second kappa shape index (κ2) is 5.85. The highest BCUT2D eigenvalue weighted by molar-refractivity contribution is 7.98. The van der Waals surface area contributed by atoms with Gasteiger partial charge in [-0.15, -0.1) is 11.8 Å². The van der Waals surface area contributed by atoms with Gasteiger partial charge >= 0.3 is 5.97 Å². The third kappa shape index (κ3) is 2.96. The van der Waals surface area contributed by atoms with Crippen molar-refractivity contribution in [3.8, 4) is 0 Å². The van der Waals surface area contributed by atoms with E-state index in [4.69, 9.17) is 16.7 Å². The monoisotopic (exact) mass is 314 g/mol. The average Bonchev–Trinajstić information content (AvgIpc) is 2.63. The van der Waals surface area contributed by atoms with Crippen molar-refractivity contribution in [2.24, 2.45) is 7.05 Å². The Balaban J connectivity index is 2.22. The van der Waals surface area contributed by atoms with Gasteiger partial charge in [0.15, 0.2) is 0 Å². The van der Waals surface area contributed by atoms with Crippen LogP contribution in [0.4, 0.5) is 4.39 Å². The minimum absolute atomic E-state index is 0.0567. The van der Waals surface area contributed by atoms with E-state index >= 15 is 0 Å². The number of carboxylic acids is 1. The van der Waals surface area contributed by atoms with E-state index < -0.39 is 11.8 Å². The predicted octanol–water partition coefficient (Wildman–Crippen LogP) is 3.51. The van der Waals surface area contributed by atoms with Gasteiger partial charge in [0, 0.05) is 17.7 Å². The molecule has 2 aromatic rings. The topological polar surface area (TPSA) is 55.1 Å². The molecule has 0 bridgehead atoms. The molecule has 0 aliphatic heterocycles. The normalized spacial score (nSPS) is 10.8. The molecule has 0 amide bonds. The standard InChI is InChI=1S/C13H12ClFN2O2S/c1-7-12(14)10(17(2)16-7)6-20-11-5-8(13(18)19)3-4-9(11)15/h3-5H,6H2,1-2H3,(H,18,19). The maximum absolute atomic E-state index is 13.7. The first-order chi connectivity index (χ1) is 9.40. The molecule has 0 atom stereocenters. The van der Waals surface area contributed by atoms with Gasteiger partial charge in [-0.1, -0.05) is 11.6 Å². The quantitative estimate of drug-likeness (QED) is 0.877. The smallest absolute Gasteiger partial charge is 0.335 e. The van der Waals surface area contributed by atoms with Crippen LogP contribution in [0, 0.1) is 12.7 Å². The van der Waals surface area contributed by atoms with Gasteiger partial charge in [-0.3, -0.25) is 4.68 Å². The van der Waals surface area contributed by atoms with E-state index in [-0.39, 0.29) is 10.5 Å². The molecular weight excluding hydrogens is 303 g/mol. The summed E-state index contributed by atoms with van der Waals surface area (Å²) in [5.74, 6) is -1.12. The number of aryl methyl sites for hydroxylation is 2. The van der Waals surface area contributed by atoms with Crippen LogP contribution in [0.5, 0.6) is 0 Å². The van der Waals surface area contributed by atoms with E-state index in [0.29, 0.717) is 16.5 Å². The number of benzene rings is 1. The lowest BCUT2D eigenvalue weighted by molar-refractivity contribution is 0.0696. The molecule has 0 saturated carbocycles. The van der Waals surface area contributed by atoms with Crippen molar-refractivity contribution in [1.29, 1.82) is 0 Å². The van der Waals surface area contributed by atoms with Crippen LogP contribution in [0.15, 0.2) is 23.1 Å². The third-order valence-corrected chi connectivity index (χ3v) is 4.34. The first kappa shape index (κ1) is 14.9. The molecule has 0 aliphatic rings. The number of nitrogens with zero attached hydrogens (tertiary/aromatic N) is 2. The second-order valence-corrected chi connectivity index (χ2v) is 5.60. The number of aromatic nitrogens is 2. The molecule has 1 heterocycles. The summed E-state index contributed by atoms with van der Waals surface area (Å²) in [5, 5.41) is 13.6. The summed E-state index contributed by atoms with van der Waals surface area (Å²) in [4.78, 5) is 11.2. The average molecular weight is 315 g/mol. The number of thioether (sulfide) groups is 1. The summed E-state index contributed by atoms with van der Waals surface area (Å²) in [6.45, 7) is 1.79. The van der Waals surface area contributed by atoms with Crippen LogP contribution in [-0.4, -0.2) is 20.9 Å². The third-order valence-electron chi connectivity index (χ3n) is 2.80. The fraction of sp³-hybridized carbons (Fsp3) is 0.231. The van der Waals surface area contributed by atoms with E-state index in [1.54, 1.807) is 18.7 Å². The molecular formula is C13H12ClFN2O2S. The lowest BCUT2D eigenvalue weighted by Crippen LogP contribution is -1.99. The van der Waals surface area contributed by atoms with Crippen molar-refractivity contribution in [2.45, 2.75) is 17.6 Å². The number of aromatic carboxylic acids is 1. The zero-order valence-corrected chi connectivity index (χ0v) is 12.4. The second-order valence-electron chi connectivity index (χ2n) is 4.21. The van der Waals surface area contributed by atoms with Gasteiger partial charge in [-0.05, 0) is 25.1 Å². The van der Waals surface area contributed by atoms with Gasteiger partial charge in [0.05, 0.1) is 22.0 Å². The summed E-state index contributed by atoms with van der Waals surface area (Å²) < 4.78 is 15.3. The van der Waals surface area contributed by atoms with E-state index in [1.807, 2.05) is 0 Å². The van der Waals surface area contributed by atoms with Crippen molar-refractivity contribution in [1.82, 2.24) is 9.78 Å². The highest BCUT2D eigenvalue weighted by Gasteiger charge is 2.14. The zero-order chi connectivity index (χ0) is 14.9. The SMILES string of the molecule is Cc1nn(C)c(CSc2cc(C(=O)O)ccc2F)c1Cl. The molecule has 1 aromatic heterocycles. The Hall–Kier alpha value is -1.53. The number of hydrogen-bond donors (Lipinski definition) is 1. The van der Waals surface area contributed by atoms with Crippen molar-refractivity contribution in [2.75, 3.05) is 0 Å². The molecule has 20 heavy (non-hydrogen) atoms. The minimum atomic E-state index is -1.08. The summed E-state index contributed by atoms with van der Waals surface area (Å²) in [5.41, 5.74) is 1.54. The van der Waals surface area contributed by atoms with E-state index in [0.717, 1.165) is 11.8 Å². The fourth-order valence-electron chi connectivity index (χ4n) is 1.73. The lowest BCUT2D eigenvalue weighted by Gasteiger charge is -2.05. The lowest BCUT2D eigenvalue weighted by atomic mass is 10.2. The molecule has 1 N–H and O–H groups in total. The van der Waals surface area contributed by atoms with Gasteiger partial charge in [0.1, 0.15) is 5.82 Å². The summed E-state index contributed by atoms with van der Waals surface area (Å²) in [6, 6.07) is 3.71. The van der Waals surface area contributed by atoms with Crippen molar-refractivity contribution in [3.63, 3.8) is 0 Å². The van der Waals surface area contributed by atoms with E-state index in [2.05, 4.69) is 5.10 Å². The Morgan fingerprint density at radius 3 is 2.80 bits per heavy atom. The number of halogens is 2. The Bertz CT molecular complexity index is 673. The number of carbonyl (C=O) groups is 1. The molecule has 4 nitrogen and oxygen atoms in total. The number of carboxylic acid groups (broad SMARTS) is 1. The first-order valence-corrected chi connectivity index (χ1v) is 7.10. The molecule has 0 fully saturated rings. The molecule has 0 unspecified atom stereocenters. The van der Waals surface area contributed by atoms with Gasteiger partial charge in [-0.25, -0.2) is 9.18 Å². The van der Waals surface area contributed by atoms with Crippen LogP contribution in [0.3, 0.4) is 0 Å². The van der Waals surface area contributed by atoms with Crippen LogP contribution >= 0.6 is 23.4 Å². The van der Waals surface area contributed by atoms with Crippen LogP contribution in [0.1, 0.15) is 21.7 Å². The Morgan fingerprint density at radius 1 is 1.55 bits per heavy atom. The molecule has 0 saturated heterocycles. The zero-order valence-electron chi connectivity index (χ0n) is 10.9. The van der Waals surface area contributed by atoms with Crippen LogP contribution in [0.2, 0.25) is 5.02 Å². The number of rotatable bonds is 4. The molecule has 106 valence electrons. The summed E-state index contributed by atoms with van der Waals surface area (Å²) in [7, 11) is 1.76. The summed E-state index contributed by atoms with van der Waals surface area (Å²) in [6.07, 6.45) is 0. The van der Waals surface area contributed by atoms with Gasteiger partial charge in [-0.2, -0.15) is 5.10 Å². The minimum Gasteiger partial charge on any atom is -0.478 e. The highest BCUT2D eigenvalue weighted by atomic mass is 35.5. The molecule has 7 heteroatoms. The molecule has 1 aromatic carbocycles.